The molecule has 2 aromatic rings. The molecule has 0 aliphatic carbocycles. The highest BCUT2D eigenvalue weighted by Crippen LogP contribution is 1.92. The molecule has 2 heterocycles. The number of rotatable bonds is 3. The molecule has 0 saturated carbocycles. The van der Waals surface area contributed by atoms with Gasteiger partial charge >= 0.3 is 5.69 Å². The zero-order valence-corrected chi connectivity index (χ0v) is 8.63. The Hall–Kier alpha value is -1.62. The highest BCUT2D eigenvalue weighted by Gasteiger charge is 2.03. The van der Waals surface area contributed by atoms with Crippen LogP contribution in [0.3, 0.4) is 0 Å². The van der Waals surface area contributed by atoms with E-state index in [-0.39, 0.29) is 5.69 Å². The molecule has 2 aromatic heterocycles. The normalized spacial score (nSPS) is 11.5. The molecular weight excluding hydrogens is 216 g/mol. The van der Waals surface area contributed by atoms with Crippen LogP contribution in [0.4, 0.5) is 0 Å². The van der Waals surface area contributed by atoms with Crippen LogP contribution in [0.25, 0.3) is 5.65 Å². The highest BCUT2D eigenvalue weighted by molar-refractivity contribution is 6.18. The summed E-state index contributed by atoms with van der Waals surface area (Å²) in [7, 11) is 0. The summed E-state index contributed by atoms with van der Waals surface area (Å²) in [6.07, 6.45) is 8.26. The Kier molecular flexibility index (Phi) is 2.82. The van der Waals surface area contributed by atoms with Gasteiger partial charge in [-0.3, -0.25) is 4.98 Å². The minimum atomic E-state index is -0.174. The summed E-state index contributed by atoms with van der Waals surface area (Å²) in [5.74, 6) is 0.434. The molecule has 15 heavy (non-hydrogen) atoms. The number of nitrogens with zero attached hydrogens (tertiary/aromatic N) is 4. The van der Waals surface area contributed by atoms with Gasteiger partial charge < -0.3 is 0 Å². The molecule has 0 aromatic carbocycles. The SMILES string of the molecule is O=c1n(C/C=C/CCl)nc2cnccn12. The Balaban J connectivity index is 2.40. The second kappa shape index (κ2) is 4.27. The van der Waals surface area contributed by atoms with Crippen molar-refractivity contribution < 1.29 is 0 Å². The van der Waals surface area contributed by atoms with Gasteiger partial charge in [0, 0.05) is 18.3 Å². The molecule has 5 nitrogen and oxygen atoms in total. The standard InChI is InChI=1S/C9H9ClN4O/c10-3-1-2-5-14-9(15)13-6-4-11-7-8(13)12-14/h1-2,4,6-7H,3,5H2/b2-1+. The molecule has 6 heteroatoms. The number of hydrogen-bond acceptors (Lipinski definition) is 3. The van der Waals surface area contributed by atoms with Gasteiger partial charge in [-0.05, 0) is 0 Å². The van der Waals surface area contributed by atoms with E-state index in [1.165, 1.54) is 9.08 Å². The summed E-state index contributed by atoms with van der Waals surface area (Å²) < 4.78 is 2.81. The molecule has 0 fully saturated rings. The van der Waals surface area contributed by atoms with Gasteiger partial charge in [-0.1, -0.05) is 12.2 Å². The van der Waals surface area contributed by atoms with Gasteiger partial charge in [-0.25, -0.2) is 13.9 Å². The average molecular weight is 225 g/mol. The van der Waals surface area contributed by atoms with Crippen molar-refractivity contribution in [2.75, 3.05) is 5.88 Å². The lowest BCUT2D eigenvalue weighted by molar-refractivity contribution is 0.672. The fourth-order valence-electron chi connectivity index (χ4n) is 1.24. The van der Waals surface area contributed by atoms with E-state index >= 15 is 0 Å². The molecule has 0 bridgehead atoms. The van der Waals surface area contributed by atoms with Crippen LogP contribution in [0, 0.1) is 0 Å². The zero-order valence-electron chi connectivity index (χ0n) is 7.88. The van der Waals surface area contributed by atoms with Crippen LogP contribution in [0.1, 0.15) is 0 Å². The maximum atomic E-state index is 11.7. The van der Waals surface area contributed by atoms with Crippen molar-refractivity contribution in [1.82, 2.24) is 19.2 Å². The van der Waals surface area contributed by atoms with Gasteiger partial charge in [0.2, 0.25) is 0 Å². The highest BCUT2D eigenvalue weighted by atomic mass is 35.5. The number of alkyl halides is 1. The minimum absolute atomic E-state index is 0.174. The van der Waals surface area contributed by atoms with Crippen LogP contribution in [0.2, 0.25) is 0 Å². The topological polar surface area (TPSA) is 52.2 Å². The summed E-state index contributed by atoms with van der Waals surface area (Å²) in [6, 6.07) is 0. The molecule has 0 N–H and O–H groups in total. The molecule has 0 amide bonds. The first-order valence-corrected chi connectivity index (χ1v) is 4.96. The molecular formula is C9H9ClN4O. The van der Waals surface area contributed by atoms with E-state index in [2.05, 4.69) is 10.1 Å². The maximum Gasteiger partial charge on any atom is 0.350 e. The van der Waals surface area contributed by atoms with Gasteiger partial charge in [-0.2, -0.15) is 0 Å². The Morgan fingerprint density at radius 1 is 1.47 bits per heavy atom. The van der Waals surface area contributed by atoms with Crippen molar-refractivity contribution in [3.05, 3.63) is 41.2 Å². The first-order valence-electron chi connectivity index (χ1n) is 4.43. The monoisotopic (exact) mass is 224 g/mol. The second-order valence-electron chi connectivity index (χ2n) is 2.89. The average Bonchev–Trinajstić information content (AvgIpc) is 2.57. The molecule has 0 radical (unpaired) electrons. The van der Waals surface area contributed by atoms with Gasteiger partial charge in [-0.15, -0.1) is 16.7 Å². The fraction of sp³-hybridized carbons (Fsp3) is 0.222. The van der Waals surface area contributed by atoms with E-state index in [0.29, 0.717) is 18.1 Å². The first kappa shape index (κ1) is 9.92. The molecule has 0 saturated heterocycles. The van der Waals surface area contributed by atoms with E-state index in [9.17, 15) is 4.79 Å². The zero-order chi connectivity index (χ0) is 10.7. The number of aromatic nitrogens is 4. The predicted octanol–water partition coefficient (Wildman–Crippen LogP) is 0.686. The van der Waals surface area contributed by atoms with Gasteiger partial charge in [0.1, 0.15) is 0 Å². The number of halogens is 1. The number of hydrogen-bond donors (Lipinski definition) is 0. The van der Waals surface area contributed by atoms with Gasteiger partial charge in [0.25, 0.3) is 0 Å². The molecule has 0 spiro atoms. The Bertz CT molecular complexity index is 542. The Morgan fingerprint density at radius 3 is 3.07 bits per heavy atom. The van der Waals surface area contributed by atoms with Crippen LogP contribution in [-0.4, -0.2) is 25.0 Å². The van der Waals surface area contributed by atoms with Crippen LogP contribution < -0.4 is 5.69 Å². The van der Waals surface area contributed by atoms with Crippen molar-refractivity contribution >= 4 is 17.2 Å². The molecule has 0 unspecified atom stereocenters. The van der Waals surface area contributed by atoms with E-state index in [4.69, 9.17) is 11.6 Å². The summed E-state index contributed by atoms with van der Waals surface area (Å²) in [5, 5.41) is 4.09. The van der Waals surface area contributed by atoms with E-state index < -0.39 is 0 Å². The lowest BCUT2D eigenvalue weighted by atomic mass is 10.5. The molecule has 78 valence electrons. The summed E-state index contributed by atoms with van der Waals surface area (Å²) in [4.78, 5) is 15.6. The summed E-state index contributed by atoms with van der Waals surface area (Å²) in [5.41, 5.74) is 0.369. The quantitative estimate of drug-likeness (QED) is 0.569. The lowest BCUT2D eigenvalue weighted by Gasteiger charge is -1.89. The third-order valence-corrected chi connectivity index (χ3v) is 2.10. The van der Waals surface area contributed by atoms with Crippen molar-refractivity contribution in [2.24, 2.45) is 0 Å². The van der Waals surface area contributed by atoms with Gasteiger partial charge in [0.15, 0.2) is 5.65 Å². The smallest absolute Gasteiger partial charge is 0.259 e. The van der Waals surface area contributed by atoms with Crippen LogP contribution in [0.15, 0.2) is 35.5 Å². The minimum Gasteiger partial charge on any atom is -0.259 e. The number of allylic oxidation sites excluding steroid dienone is 2. The van der Waals surface area contributed by atoms with E-state index in [1.807, 2.05) is 0 Å². The summed E-state index contributed by atoms with van der Waals surface area (Å²) >= 11 is 5.48. The van der Waals surface area contributed by atoms with Crippen molar-refractivity contribution in [2.45, 2.75) is 6.54 Å². The predicted molar refractivity (Wildman–Crippen MR) is 57.1 cm³/mol. The van der Waals surface area contributed by atoms with Crippen LogP contribution >= 0.6 is 11.6 Å². The van der Waals surface area contributed by atoms with Crippen molar-refractivity contribution in [1.29, 1.82) is 0 Å². The molecule has 0 aliphatic heterocycles. The van der Waals surface area contributed by atoms with Crippen molar-refractivity contribution in [3.8, 4) is 0 Å². The van der Waals surface area contributed by atoms with E-state index in [1.54, 1.807) is 30.7 Å². The molecule has 2 rings (SSSR count). The maximum absolute atomic E-state index is 11.7. The third-order valence-electron chi connectivity index (χ3n) is 1.92. The van der Waals surface area contributed by atoms with Gasteiger partial charge in [0.05, 0.1) is 12.7 Å². The largest absolute Gasteiger partial charge is 0.350 e. The second-order valence-corrected chi connectivity index (χ2v) is 3.20. The first-order chi connectivity index (χ1) is 7.33. The Morgan fingerprint density at radius 2 is 2.33 bits per heavy atom. The number of fused-ring (bicyclic) bond motifs is 1. The Labute approximate surface area is 90.6 Å². The van der Waals surface area contributed by atoms with Crippen LogP contribution in [-0.2, 0) is 6.54 Å². The molecule has 0 atom stereocenters. The molecule has 0 aliphatic rings. The lowest BCUT2D eigenvalue weighted by Crippen LogP contribution is -2.20. The summed E-state index contributed by atoms with van der Waals surface area (Å²) in [6.45, 7) is 0.424. The van der Waals surface area contributed by atoms with Crippen LogP contribution in [0.5, 0.6) is 0 Å². The van der Waals surface area contributed by atoms with Crippen molar-refractivity contribution in [3.63, 3.8) is 0 Å². The third kappa shape index (κ3) is 1.92. The fourth-order valence-corrected chi connectivity index (χ4v) is 1.36. The van der Waals surface area contributed by atoms with E-state index in [0.717, 1.165) is 0 Å².